The van der Waals surface area contributed by atoms with Crippen molar-refractivity contribution in [3.63, 3.8) is 0 Å². The van der Waals surface area contributed by atoms with Gasteiger partial charge in [-0.2, -0.15) is 0 Å². The second-order valence-electron chi connectivity index (χ2n) is 5.91. The van der Waals surface area contributed by atoms with Gasteiger partial charge in [-0.3, -0.25) is 4.79 Å². The number of carbonyl (C=O) groups excluding carboxylic acids is 1. The van der Waals surface area contributed by atoms with E-state index < -0.39 is 0 Å². The summed E-state index contributed by atoms with van der Waals surface area (Å²) >= 11 is 0. The monoisotopic (exact) mass is 342 g/mol. The smallest absolute Gasteiger partial charge is 0.268 e. The lowest BCUT2D eigenvalue weighted by molar-refractivity contribution is 0.0944. The largest absolute Gasteiger partial charge is 0.493 e. The van der Waals surface area contributed by atoms with E-state index in [1.807, 2.05) is 42.7 Å². The number of carbonyl (C=O) groups is 1. The van der Waals surface area contributed by atoms with Gasteiger partial charge in [-0.1, -0.05) is 12.1 Å². The van der Waals surface area contributed by atoms with Gasteiger partial charge in [0.15, 0.2) is 11.5 Å². The maximum atomic E-state index is 12.6. The predicted molar refractivity (Wildman–Crippen MR) is 99.7 cm³/mol. The molecule has 2 rings (SSSR count). The molecular formula is C20H26N2O3. The number of amides is 1. The number of nitrogens with one attached hydrogen (secondary N) is 1. The Kier molecular flexibility index (Phi) is 6.28. The molecule has 0 atom stereocenters. The Bertz CT molecular complexity index is 763. The Hall–Kier alpha value is -2.69. The summed E-state index contributed by atoms with van der Waals surface area (Å²) in [6.45, 7) is 8.89. The molecule has 0 saturated heterocycles. The average molecular weight is 342 g/mol. The van der Waals surface area contributed by atoms with Crippen molar-refractivity contribution < 1.29 is 14.3 Å². The molecule has 1 heterocycles. The third-order valence-electron chi connectivity index (χ3n) is 4.17. The van der Waals surface area contributed by atoms with Crippen LogP contribution >= 0.6 is 0 Å². The second-order valence-corrected chi connectivity index (χ2v) is 5.91. The van der Waals surface area contributed by atoms with E-state index in [1.165, 1.54) is 0 Å². The van der Waals surface area contributed by atoms with Gasteiger partial charge in [0.2, 0.25) is 0 Å². The highest BCUT2D eigenvalue weighted by atomic mass is 16.5. The first kappa shape index (κ1) is 18.6. The van der Waals surface area contributed by atoms with E-state index in [1.54, 1.807) is 20.3 Å². The van der Waals surface area contributed by atoms with Crippen molar-refractivity contribution in [2.24, 2.45) is 0 Å². The Labute approximate surface area is 149 Å². The van der Waals surface area contributed by atoms with E-state index in [-0.39, 0.29) is 5.91 Å². The van der Waals surface area contributed by atoms with E-state index in [0.717, 1.165) is 16.8 Å². The molecule has 1 N–H and O–H groups in total. The molecule has 0 fully saturated rings. The van der Waals surface area contributed by atoms with Crippen molar-refractivity contribution in [3.8, 4) is 11.5 Å². The standard InChI is InChI=1S/C20H26N2O3/c1-6-11-22-15(3)12-14(2)19(22)20(23)21-10-9-16-7-8-17(24-4)18(13-16)25-5/h6-8,12-13H,1,9-11H2,2-5H3,(H,21,23). The minimum absolute atomic E-state index is 0.0621. The molecule has 0 radical (unpaired) electrons. The number of nitrogens with zero attached hydrogens (tertiary/aromatic N) is 1. The zero-order valence-corrected chi connectivity index (χ0v) is 15.4. The lowest BCUT2D eigenvalue weighted by Gasteiger charge is -2.12. The van der Waals surface area contributed by atoms with E-state index in [0.29, 0.717) is 36.7 Å². The molecule has 0 aliphatic heterocycles. The van der Waals surface area contributed by atoms with E-state index in [2.05, 4.69) is 11.9 Å². The number of aromatic nitrogens is 1. The summed E-state index contributed by atoms with van der Waals surface area (Å²) in [6, 6.07) is 7.80. The van der Waals surface area contributed by atoms with Gasteiger partial charge in [0.1, 0.15) is 5.69 Å². The van der Waals surface area contributed by atoms with Crippen molar-refractivity contribution in [2.45, 2.75) is 26.8 Å². The highest BCUT2D eigenvalue weighted by Gasteiger charge is 2.16. The van der Waals surface area contributed by atoms with Gasteiger partial charge in [0.25, 0.3) is 5.91 Å². The quantitative estimate of drug-likeness (QED) is 0.749. The zero-order chi connectivity index (χ0) is 18.4. The van der Waals surface area contributed by atoms with Crippen LogP contribution < -0.4 is 14.8 Å². The molecule has 0 bridgehead atoms. The molecule has 5 nitrogen and oxygen atoms in total. The van der Waals surface area contributed by atoms with Crippen LogP contribution in [0.2, 0.25) is 0 Å². The molecule has 0 saturated carbocycles. The molecule has 0 aliphatic rings. The summed E-state index contributed by atoms with van der Waals surface area (Å²) in [4.78, 5) is 12.6. The van der Waals surface area contributed by atoms with Gasteiger partial charge in [-0.15, -0.1) is 6.58 Å². The Balaban J connectivity index is 2.03. The van der Waals surface area contributed by atoms with Crippen LogP contribution in [0.1, 0.15) is 27.3 Å². The maximum absolute atomic E-state index is 12.6. The van der Waals surface area contributed by atoms with Crippen LogP contribution in [0.3, 0.4) is 0 Å². The van der Waals surface area contributed by atoms with Crippen molar-refractivity contribution in [1.29, 1.82) is 0 Å². The number of rotatable bonds is 8. The van der Waals surface area contributed by atoms with Gasteiger partial charge in [-0.25, -0.2) is 0 Å². The molecule has 5 heteroatoms. The summed E-state index contributed by atoms with van der Waals surface area (Å²) in [7, 11) is 3.22. The number of aryl methyl sites for hydroxylation is 2. The van der Waals surface area contributed by atoms with Gasteiger partial charge in [-0.05, 0) is 49.6 Å². The van der Waals surface area contributed by atoms with Crippen LogP contribution in [-0.4, -0.2) is 31.2 Å². The highest BCUT2D eigenvalue weighted by Crippen LogP contribution is 2.27. The first-order valence-electron chi connectivity index (χ1n) is 8.28. The van der Waals surface area contributed by atoms with Crippen LogP contribution in [-0.2, 0) is 13.0 Å². The molecule has 1 amide bonds. The molecule has 2 aromatic rings. The predicted octanol–water partition coefficient (Wildman–Crippen LogP) is 3.28. The van der Waals surface area contributed by atoms with Crippen LogP contribution in [0.15, 0.2) is 36.9 Å². The van der Waals surface area contributed by atoms with Crippen LogP contribution in [0.5, 0.6) is 11.5 Å². The topological polar surface area (TPSA) is 52.5 Å². The first-order chi connectivity index (χ1) is 12.0. The minimum Gasteiger partial charge on any atom is -0.493 e. The summed E-state index contributed by atoms with van der Waals surface area (Å²) in [5.74, 6) is 1.33. The SMILES string of the molecule is C=CCn1c(C)cc(C)c1C(=O)NCCc1ccc(OC)c(OC)c1. The van der Waals surface area contributed by atoms with Gasteiger partial charge in [0, 0.05) is 18.8 Å². The Morgan fingerprint density at radius 3 is 2.56 bits per heavy atom. The summed E-state index contributed by atoms with van der Waals surface area (Å²) < 4.78 is 12.5. The fourth-order valence-electron chi connectivity index (χ4n) is 2.96. The van der Waals surface area contributed by atoms with Gasteiger partial charge < -0.3 is 19.4 Å². The van der Waals surface area contributed by atoms with E-state index in [4.69, 9.17) is 9.47 Å². The summed E-state index contributed by atoms with van der Waals surface area (Å²) in [5.41, 5.74) is 3.81. The molecule has 0 unspecified atom stereocenters. The van der Waals surface area contributed by atoms with Gasteiger partial charge >= 0.3 is 0 Å². The van der Waals surface area contributed by atoms with Crippen LogP contribution in [0, 0.1) is 13.8 Å². The number of methoxy groups -OCH3 is 2. The van der Waals surface area contributed by atoms with Crippen molar-refractivity contribution in [2.75, 3.05) is 20.8 Å². The number of ether oxygens (including phenoxy) is 2. The third kappa shape index (κ3) is 4.24. The second kappa shape index (κ2) is 8.42. The highest BCUT2D eigenvalue weighted by molar-refractivity contribution is 5.94. The minimum atomic E-state index is -0.0621. The fourth-order valence-corrected chi connectivity index (χ4v) is 2.96. The van der Waals surface area contributed by atoms with Crippen LogP contribution in [0.4, 0.5) is 0 Å². The van der Waals surface area contributed by atoms with Crippen molar-refractivity contribution in [3.05, 3.63) is 59.4 Å². The van der Waals surface area contributed by atoms with E-state index >= 15 is 0 Å². The molecular weight excluding hydrogens is 316 g/mol. The lowest BCUT2D eigenvalue weighted by Crippen LogP contribution is -2.28. The normalized spacial score (nSPS) is 10.4. The molecule has 25 heavy (non-hydrogen) atoms. The van der Waals surface area contributed by atoms with Gasteiger partial charge in [0.05, 0.1) is 14.2 Å². The van der Waals surface area contributed by atoms with E-state index in [9.17, 15) is 4.79 Å². The lowest BCUT2D eigenvalue weighted by atomic mass is 10.1. The van der Waals surface area contributed by atoms with Crippen LogP contribution in [0.25, 0.3) is 0 Å². The Morgan fingerprint density at radius 2 is 1.92 bits per heavy atom. The number of benzene rings is 1. The maximum Gasteiger partial charge on any atom is 0.268 e. The number of hydrogen-bond acceptors (Lipinski definition) is 3. The fraction of sp³-hybridized carbons (Fsp3) is 0.350. The number of hydrogen-bond donors (Lipinski definition) is 1. The zero-order valence-electron chi connectivity index (χ0n) is 15.4. The molecule has 0 spiro atoms. The van der Waals surface area contributed by atoms with Crippen molar-refractivity contribution >= 4 is 5.91 Å². The Morgan fingerprint density at radius 1 is 1.20 bits per heavy atom. The van der Waals surface area contributed by atoms with Crippen molar-refractivity contribution in [1.82, 2.24) is 9.88 Å². The average Bonchev–Trinajstić information content (AvgIpc) is 2.88. The first-order valence-corrected chi connectivity index (χ1v) is 8.28. The molecule has 1 aromatic heterocycles. The molecule has 134 valence electrons. The summed E-state index contributed by atoms with van der Waals surface area (Å²) in [6.07, 6.45) is 2.51. The molecule has 0 aliphatic carbocycles. The molecule has 1 aromatic carbocycles. The third-order valence-corrected chi connectivity index (χ3v) is 4.17. The summed E-state index contributed by atoms with van der Waals surface area (Å²) in [5, 5.41) is 3.00. The number of allylic oxidation sites excluding steroid dienone is 1.